The molecule has 10 heteroatoms. The van der Waals surface area contributed by atoms with Gasteiger partial charge in [0.15, 0.2) is 5.82 Å². The van der Waals surface area contributed by atoms with Crippen molar-refractivity contribution < 1.29 is 9.15 Å². The molecule has 2 heterocycles. The third-order valence-corrected chi connectivity index (χ3v) is 5.89. The molecule has 0 aliphatic carbocycles. The lowest BCUT2D eigenvalue weighted by Gasteiger charge is -2.19. The maximum atomic E-state index is 6.13. The van der Waals surface area contributed by atoms with Gasteiger partial charge >= 0.3 is 0 Å². The van der Waals surface area contributed by atoms with E-state index in [-0.39, 0.29) is 12.0 Å². The smallest absolute Gasteiger partial charge is 0.247 e. The summed E-state index contributed by atoms with van der Waals surface area (Å²) in [4.78, 5) is 0. The van der Waals surface area contributed by atoms with Crippen LogP contribution in [0.25, 0.3) is 11.5 Å². The van der Waals surface area contributed by atoms with Crippen LogP contribution in [0.4, 0.5) is 0 Å². The minimum Gasteiger partial charge on any atom is -0.486 e. The second-order valence-electron chi connectivity index (χ2n) is 8.13. The third-order valence-electron chi connectivity index (χ3n) is 4.71. The summed E-state index contributed by atoms with van der Waals surface area (Å²) >= 11 is 7.26. The first kappa shape index (κ1) is 22.2. The zero-order valence-corrected chi connectivity index (χ0v) is 19.5. The summed E-state index contributed by atoms with van der Waals surface area (Å²) in [6.45, 7) is 6.73. The Kier molecular flexibility index (Phi) is 6.38. The maximum absolute atomic E-state index is 6.13. The first-order chi connectivity index (χ1) is 15.3. The van der Waals surface area contributed by atoms with Crippen LogP contribution < -0.4 is 10.6 Å². The van der Waals surface area contributed by atoms with Gasteiger partial charge in [0.2, 0.25) is 16.9 Å². The van der Waals surface area contributed by atoms with Crippen molar-refractivity contribution in [2.75, 3.05) is 5.84 Å². The monoisotopic (exact) mass is 470 g/mol. The van der Waals surface area contributed by atoms with Crippen molar-refractivity contribution in [1.82, 2.24) is 25.1 Å². The molecule has 4 aromatic rings. The molecule has 0 spiro atoms. The van der Waals surface area contributed by atoms with E-state index in [2.05, 4.69) is 53.3 Å². The number of benzene rings is 2. The number of ether oxygens (including phenoxy) is 1. The molecule has 0 unspecified atom stereocenters. The number of thioether (sulfide) groups is 1. The predicted octanol–water partition coefficient (Wildman–Crippen LogP) is 4.86. The number of hydrogen-bond acceptors (Lipinski definition) is 8. The van der Waals surface area contributed by atoms with Crippen LogP contribution in [0.2, 0.25) is 5.02 Å². The quantitative estimate of drug-likeness (QED) is 0.301. The third kappa shape index (κ3) is 5.23. The lowest BCUT2D eigenvalue weighted by atomic mass is 9.87. The number of nitrogens with zero attached hydrogens (tertiary/aromatic N) is 5. The highest BCUT2D eigenvalue weighted by Gasteiger charge is 2.15. The van der Waals surface area contributed by atoms with Crippen molar-refractivity contribution in [2.45, 2.75) is 43.7 Å². The Labute approximate surface area is 195 Å². The molecule has 8 nitrogen and oxygen atoms in total. The zero-order valence-electron chi connectivity index (χ0n) is 17.9. The molecule has 0 radical (unpaired) electrons. The van der Waals surface area contributed by atoms with Gasteiger partial charge in [-0.05, 0) is 47.4 Å². The highest BCUT2D eigenvalue weighted by Crippen LogP contribution is 2.26. The van der Waals surface area contributed by atoms with Crippen molar-refractivity contribution in [3.05, 3.63) is 70.8 Å². The van der Waals surface area contributed by atoms with Crippen molar-refractivity contribution >= 4 is 23.4 Å². The van der Waals surface area contributed by atoms with E-state index >= 15 is 0 Å². The highest BCUT2D eigenvalue weighted by molar-refractivity contribution is 7.98. The van der Waals surface area contributed by atoms with Crippen molar-refractivity contribution in [3.8, 4) is 17.2 Å². The summed E-state index contributed by atoms with van der Waals surface area (Å²) in [7, 11) is 0. The molecule has 2 N–H and O–H groups in total. The minimum atomic E-state index is 0.0933. The van der Waals surface area contributed by atoms with Gasteiger partial charge in [0.05, 0.1) is 5.75 Å². The van der Waals surface area contributed by atoms with E-state index in [1.807, 2.05) is 24.3 Å². The molecule has 0 aliphatic rings. The van der Waals surface area contributed by atoms with Gasteiger partial charge in [0.1, 0.15) is 12.4 Å². The van der Waals surface area contributed by atoms with E-state index in [1.54, 1.807) is 12.1 Å². The molecule has 0 saturated heterocycles. The van der Waals surface area contributed by atoms with E-state index in [0.29, 0.717) is 33.5 Å². The maximum Gasteiger partial charge on any atom is 0.247 e. The molecule has 0 aliphatic heterocycles. The van der Waals surface area contributed by atoms with Crippen molar-refractivity contribution in [3.63, 3.8) is 0 Å². The van der Waals surface area contributed by atoms with Crippen LogP contribution in [-0.2, 0) is 17.8 Å². The molecule has 4 rings (SSSR count). The standard InChI is InChI=1S/C22H23ClN6O2S/c1-22(2,3)15-6-10-17(11-7-15)30-12-18-25-28-21(29(18)24)32-13-19-26-27-20(31-19)14-4-8-16(23)9-5-14/h4-11H,12-13,24H2,1-3H3. The van der Waals surface area contributed by atoms with Crippen LogP contribution in [0, 0.1) is 0 Å². The molecule has 0 amide bonds. The summed E-state index contributed by atoms with van der Waals surface area (Å²) in [6.07, 6.45) is 0. The van der Waals surface area contributed by atoms with E-state index in [1.165, 1.54) is 22.0 Å². The van der Waals surface area contributed by atoms with Gasteiger partial charge in [0, 0.05) is 10.6 Å². The fourth-order valence-corrected chi connectivity index (χ4v) is 3.69. The molecule has 32 heavy (non-hydrogen) atoms. The van der Waals surface area contributed by atoms with Gasteiger partial charge in [0.25, 0.3) is 0 Å². The molecule has 166 valence electrons. The number of rotatable bonds is 7. The molecule has 0 saturated carbocycles. The van der Waals surface area contributed by atoms with E-state index in [0.717, 1.165) is 11.3 Å². The first-order valence-corrected chi connectivity index (χ1v) is 11.3. The van der Waals surface area contributed by atoms with Crippen molar-refractivity contribution in [2.24, 2.45) is 0 Å². The number of nitrogen functional groups attached to an aromatic ring is 1. The summed E-state index contributed by atoms with van der Waals surface area (Å²) in [5.74, 6) is 8.69. The van der Waals surface area contributed by atoms with Crippen molar-refractivity contribution in [1.29, 1.82) is 0 Å². The van der Waals surface area contributed by atoms with Crippen LogP contribution in [0.15, 0.2) is 58.1 Å². The van der Waals surface area contributed by atoms with Gasteiger partial charge in [-0.1, -0.05) is 56.3 Å². The molecular formula is C22H23ClN6O2S. The largest absolute Gasteiger partial charge is 0.486 e. The lowest BCUT2D eigenvalue weighted by molar-refractivity contribution is 0.291. The van der Waals surface area contributed by atoms with Crippen LogP contribution in [0.5, 0.6) is 5.75 Å². The second-order valence-corrected chi connectivity index (χ2v) is 9.51. The Morgan fingerprint density at radius 3 is 2.41 bits per heavy atom. The SMILES string of the molecule is CC(C)(C)c1ccc(OCc2nnc(SCc3nnc(-c4ccc(Cl)cc4)o3)n2N)cc1. The first-order valence-electron chi connectivity index (χ1n) is 9.93. The Morgan fingerprint density at radius 2 is 1.72 bits per heavy atom. The summed E-state index contributed by atoms with van der Waals surface area (Å²) in [5.41, 5.74) is 2.14. The van der Waals surface area contributed by atoms with Gasteiger partial charge in [-0.15, -0.1) is 20.4 Å². The average Bonchev–Trinajstić information content (AvgIpc) is 3.38. The summed E-state index contributed by atoms with van der Waals surface area (Å²) in [6, 6.07) is 15.2. The lowest BCUT2D eigenvalue weighted by Crippen LogP contribution is -2.16. The fourth-order valence-electron chi connectivity index (χ4n) is 2.85. The van der Waals surface area contributed by atoms with Crippen LogP contribution in [-0.4, -0.2) is 25.1 Å². The minimum absolute atomic E-state index is 0.0933. The van der Waals surface area contributed by atoms with Crippen LogP contribution >= 0.6 is 23.4 Å². The average molecular weight is 471 g/mol. The van der Waals surface area contributed by atoms with Gasteiger partial charge in [-0.3, -0.25) is 0 Å². The van der Waals surface area contributed by atoms with Crippen LogP contribution in [0.1, 0.15) is 38.0 Å². The Bertz CT molecular complexity index is 1180. The highest BCUT2D eigenvalue weighted by atomic mass is 35.5. The molecule has 0 bridgehead atoms. The number of hydrogen-bond donors (Lipinski definition) is 1. The zero-order chi connectivity index (χ0) is 22.7. The molecule has 2 aromatic carbocycles. The fraction of sp³-hybridized carbons (Fsp3) is 0.273. The molecule has 2 aromatic heterocycles. The molecular weight excluding hydrogens is 448 g/mol. The van der Waals surface area contributed by atoms with Gasteiger partial charge in [-0.2, -0.15) is 0 Å². The summed E-state index contributed by atoms with van der Waals surface area (Å²) < 4.78 is 12.9. The molecule has 0 fully saturated rings. The predicted molar refractivity (Wildman–Crippen MR) is 124 cm³/mol. The Hall–Kier alpha value is -3.04. The number of nitrogens with two attached hydrogens (primary N) is 1. The summed E-state index contributed by atoms with van der Waals surface area (Å²) in [5, 5.41) is 17.6. The van der Waals surface area contributed by atoms with Gasteiger partial charge < -0.3 is 15.0 Å². The number of aromatic nitrogens is 5. The topological polar surface area (TPSA) is 105 Å². The second kappa shape index (κ2) is 9.22. The Morgan fingerprint density at radius 1 is 1.00 bits per heavy atom. The van der Waals surface area contributed by atoms with Crippen LogP contribution in [0.3, 0.4) is 0 Å². The van der Waals surface area contributed by atoms with Gasteiger partial charge in [-0.25, -0.2) is 4.68 Å². The normalized spacial score (nSPS) is 11.6. The molecule has 0 atom stereocenters. The van der Waals surface area contributed by atoms with E-state index in [4.69, 9.17) is 26.6 Å². The Balaban J connectivity index is 1.34. The van der Waals surface area contributed by atoms with E-state index in [9.17, 15) is 0 Å². The van der Waals surface area contributed by atoms with E-state index < -0.39 is 0 Å². The number of halogens is 1.